The number of fused-ring (bicyclic) bond motifs is 1. The average molecular weight is 364 g/mol. The maximum Gasteiger partial charge on any atom is 0.229 e. The summed E-state index contributed by atoms with van der Waals surface area (Å²) < 4.78 is 0. The van der Waals surface area contributed by atoms with Gasteiger partial charge >= 0.3 is 0 Å². The van der Waals surface area contributed by atoms with Crippen LogP contribution in [0, 0.1) is 5.92 Å². The number of amides is 1. The number of benzene rings is 1. The maximum absolute atomic E-state index is 12.8. The van der Waals surface area contributed by atoms with Crippen LogP contribution in [0.15, 0.2) is 36.9 Å². The van der Waals surface area contributed by atoms with Crippen LogP contribution in [-0.2, 0) is 4.79 Å². The van der Waals surface area contributed by atoms with Gasteiger partial charge in [-0.3, -0.25) is 4.79 Å². The van der Waals surface area contributed by atoms with Crippen molar-refractivity contribution >= 4 is 28.6 Å². The van der Waals surface area contributed by atoms with Crippen molar-refractivity contribution in [1.29, 1.82) is 0 Å². The van der Waals surface area contributed by atoms with E-state index in [2.05, 4.69) is 56.1 Å². The van der Waals surface area contributed by atoms with E-state index in [-0.39, 0.29) is 11.8 Å². The molecule has 0 saturated carbocycles. The van der Waals surface area contributed by atoms with Crippen molar-refractivity contribution in [2.45, 2.75) is 32.6 Å². The summed E-state index contributed by atoms with van der Waals surface area (Å²) in [7, 11) is 0. The molecule has 2 aromatic heterocycles. The summed E-state index contributed by atoms with van der Waals surface area (Å²) in [5, 5.41) is 3.06. The zero-order valence-corrected chi connectivity index (χ0v) is 15.6. The molecule has 3 heterocycles. The predicted octanol–water partition coefficient (Wildman–Crippen LogP) is 3.33. The highest BCUT2D eigenvalue weighted by Gasteiger charge is 2.28. The lowest BCUT2D eigenvalue weighted by molar-refractivity contribution is -0.120. The smallest absolute Gasteiger partial charge is 0.229 e. The fraction of sp³-hybridized carbons (Fsp3) is 0.400. The van der Waals surface area contributed by atoms with Gasteiger partial charge in [-0.05, 0) is 36.5 Å². The lowest BCUT2D eigenvalue weighted by Gasteiger charge is -2.32. The van der Waals surface area contributed by atoms with E-state index in [0.29, 0.717) is 18.1 Å². The highest BCUT2D eigenvalue weighted by Crippen LogP contribution is 2.26. The predicted molar refractivity (Wildman–Crippen MR) is 106 cm³/mol. The minimum absolute atomic E-state index is 0.0620. The van der Waals surface area contributed by atoms with E-state index in [1.54, 1.807) is 6.33 Å². The lowest BCUT2D eigenvalue weighted by atomic mass is 9.96. The van der Waals surface area contributed by atoms with Crippen molar-refractivity contribution in [3.05, 3.63) is 42.5 Å². The Hall–Kier alpha value is -2.96. The topological polar surface area (TPSA) is 86.8 Å². The summed E-state index contributed by atoms with van der Waals surface area (Å²) >= 11 is 0. The molecule has 0 unspecified atom stereocenters. The Labute approximate surface area is 158 Å². The van der Waals surface area contributed by atoms with Gasteiger partial charge in [0.05, 0.1) is 12.2 Å². The van der Waals surface area contributed by atoms with E-state index >= 15 is 0 Å². The number of anilines is 2. The van der Waals surface area contributed by atoms with Gasteiger partial charge in [0.1, 0.15) is 11.8 Å². The zero-order chi connectivity index (χ0) is 18.8. The first-order valence-electron chi connectivity index (χ1n) is 9.41. The Morgan fingerprint density at radius 2 is 2.04 bits per heavy atom. The molecule has 0 bridgehead atoms. The molecule has 1 aliphatic rings. The molecule has 0 radical (unpaired) electrons. The van der Waals surface area contributed by atoms with Gasteiger partial charge in [-0.15, -0.1) is 0 Å². The van der Waals surface area contributed by atoms with Crippen LogP contribution >= 0.6 is 0 Å². The number of hydrogen-bond donors (Lipinski definition) is 2. The lowest BCUT2D eigenvalue weighted by Crippen LogP contribution is -2.41. The number of nitrogens with zero attached hydrogens (tertiary/aromatic N) is 4. The quantitative estimate of drug-likeness (QED) is 0.741. The monoisotopic (exact) mass is 364 g/mol. The Morgan fingerprint density at radius 1 is 1.22 bits per heavy atom. The largest absolute Gasteiger partial charge is 0.354 e. The van der Waals surface area contributed by atoms with Gasteiger partial charge in [0.25, 0.3) is 0 Å². The van der Waals surface area contributed by atoms with Gasteiger partial charge in [0.15, 0.2) is 11.5 Å². The van der Waals surface area contributed by atoms with Crippen molar-refractivity contribution in [3.63, 3.8) is 0 Å². The highest BCUT2D eigenvalue weighted by molar-refractivity contribution is 5.93. The van der Waals surface area contributed by atoms with Crippen LogP contribution in [0.3, 0.4) is 0 Å². The van der Waals surface area contributed by atoms with Crippen molar-refractivity contribution in [2.75, 3.05) is 23.3 Å². The Morgan fingerprint density at radius 3 is 2.81 bits per heavy atom. The standard InChI is InChI=1S/C20H24N6O/c1-13(2)14-5-7-16(8-6-14)25-20(27)15-4-3-9-26(10-15)19-17-18(22-11-21-17)23-12-24-19/h5-8,11-13,15H,3-4,9-10H2,1-2H3,(H,25,27)(H,21,22,23,24)/t15-/m0/s1. The number of aromatic nitrogens is 4. The molecule has 0 spiro atoms. The van der Waals surface area contributed by atoms with Crippen LogP contribution in [0.1, 0.15) is 38.2 Å². The normalized spacial score (nSPS) is 17.4. The number of hydrogen-bond acceptors (Lipinski definition) is 5. The van der Waals surface area contributed by atoms with E-state index in [9.17, 15) is 4.79 Å². The van der Waals surface area contributed by atoms with Crippen LogP contribution in [0.5, 0.6) is 0 Å². The first kappa shape index (κ1) is 17.5. The molecule has 2 N–H and O–H groups in total. The van der Waals surface area contributed by atoms with Gasteiger partial charge in [-0.25, -0.2) is 15.0 Å². The van der Waals surface area contributed by atoms with Gasteiger partial charge in [0, 0.05) is 18.8 Å². The van der Waals surface area contributed by atoms with Crippen molar-refractivity contribution in [2.24, 2.45) is 5.92 Å². The average Bonchev–Trinajstić information content (AvgIpc) is 3.17. The molecule has 4 rings (SSSR count). The summed E-state index contributed by atoms with van der Waals surface area (Å²) in [6.07, 6.45) is 4.98. The van der Waals surface area contributed by atoms with Crippen molar-refractivity contribution < 1.29 is 4.79 Å². The molecule has 140 valence electrons. The maximum atomic E-state index is 12.8. The second-order valence-electron chi connectivity index (χ2n) is 7.35. The summed E-state index contributed by atoms with van der Waals surface area (Å²) in [5.41, 5.74) is 3.59. The van der Waals surface area contributed by atoms with Crippen molar-refractivity contribution in [1.82, 2.24) is 19.9 Å². The Kier molecular flexibility index (Phi) is 4.75. The van der Waals surface area contributed by atoms with E-state index in [1.165, 1.54) is 11.9 Å². The van der Waals surface area contributed by atoms with Gasteiger partial charge < -0.3 is 15.2 Å². The molecule has 7 nitrogen and oxygen atoms in total. The van der Waals surface area contributed by atoms with Gasteiger partial charge in [0.2, 0.25) is 5.91 Å². The molecule has 1 atom stereocenters. The molecule has 1 aliphatic heterocycles. The number of aromatic amines is 1. The van der Waals surface area contributed by atoms with Crippen molar-refractivity contribution in [3.8, 4) is 0 Å². The van der Waals surface area contributed by atoms with E-state index in [1.807, 2.05) is 12.1 Å². The third kappa shape index (κ3) is 3.63. The molecule has 1 amide bonds. The number of carbonyl (C=O) groups is 1. The van der Waals surface area contributed by atoms with E-state index in [4.69, 9.17) is 0 Å². The second-order valence-corrected chi connectivity index (χ2v) is 7.35. The Bertz CT molecular complexity index is 933. The number of nitrogens with one attached hydrogen (secondary N) is 2. The fourth-order valence-corrected chi connectivity index (χ4v) is 3.57. The van der Waals surface area contributed by atoms with Crippen LogP contribution < -0.4 is 10.2 Å². The Balaban J connectivity index is 1.46. The summed E-state index contributed by atoms with van der Waals surface area (Å²) in [6, 6.07) is 8.10. The molecular weight excluding hydrogens is 340 g/mol. The SMILES string of the molecule is CC(C)c1ccc(NC(=O)[C@H]2CCCN(c3ncnc4nc[nH]c34)C2)cc1. The number of imidazole rings is 1. The number of carbonyl (C=O) groups excluding carboxylic acids is 1. The fourth-order valence-electron chi connectivity index (χ4n) is 3.57. The molecule has 27 heavy (non-hydrogen) atoms. The summed E-state index contributed by atoms with van der Waals surface area (Å²) in [4.78, 5) is 30.8. The molecule has 3 aromatic rings. The molecule has 0 aliphatic carbocycles. The van der Waals surface area contributed by atoms with E-state index in [0.717, 1.165) is 36.4 Å². The number of piperidine rings is 1. The molecule has 1 aromatic carbocycles. The molecular formula is C20H24N6O. The first-order chi connectivity index (χ1) is 13.1. The zero-order valence-electron chi connectivity index (χ0n) is 15.6. The minimum Gasteiger partial charge on any atom is -0.354 e. The molecule has 1 saturated heterocycles. The molecule has 1 fully saturated rings. The third-order valence-corrected chi connectivity index (χ3v) is 5.14. The van der Waals surface area contributed by atoms with Gasteiger partial charge in [-0.2, -0.15) is 0 Å². The van der Waals surface area contributed by atoms with Crippen LogP contribution in [0.2, 0.25) is 0 Å². The van der Waals surface area contributed by atoms with Crippen LogP contribution in [-0.4, -0.2) is 38.9 Å². The number of H-pyrrole nitrogens is 1. The van der Waals surface area contributed by atoms with Gasteiger partial charge in [-0.1, -0.05) is 26.0 Å². The van der Waals surface area contributed by atoms with Crippen LogP contribution in [0.25, 0.3) is 11.2 Å². The summed E-state index contributed by atoms with van der Waals surface area (Å²) in [6.45, 7) is 5.83. The molecule has 7 heteroatoms. The van der Waals surface area contributed by atoms with E-state index < -0.39 is 0 Å². The second kappa shape index (κ2) is 7.34. The first-order valence-corrected chi connectivity index (χ1v) is 9.41. The third-order valence-electron chi connectivity index (χ3n) is 5.14. The minimum atomic E-state index is -0.0727. The number of rotatable bonds is 4. The van der Waals surface area contributed by atoms with Crippen LogP contribution in [0.4, 0.5) is 11.5 Å². The summed E-state index contributed by atoms with van der Waals surface area (Å²) in [5.74, 6) is 1.29. The highest BCUT2D eigenvalue weighted by atomic mass is 16.1.